The third kappa shape index (κ3) is 16.8. The van der Waals surface area contributed by atoms with Gasteiger partial charge in [-0.15, -0.1) is 0 Å². The summed E-state index contributed by atoms with van der Waals surface area (Å²) in [6.45, 7) is 4.17. The first-order valence-electron chi connectivity index (χ1n) is 11.2. The maximum atomic E-state index is 12.6. The largest absolute Gasteiger partial charge is 0.756 e. The average molecular weight is 484 g/mol. The summed E-state index contributed by atoms with van der Waals surface area (Å²) in [6.07, 6.45) is 4.00. The Morgan fingerprint density at radius 2 is 1.65 bits per heavy atom. The fraction of sp³-hybridized carbons (Fsp3) is 0.905. The van der Waals surface area contributed by atoms with Gasteiger partial charge in [0.1, 0.15) is 25.9 Å². The molecule has 3 atom stereocenters. The van der Waals surface area contributed by atoms with Gasteiger partial charge < -0.3 is 28.3 Å². The van der Waals surface area contributed by atoms with Crippen LogP contribution in [0.3, 0.4) is 0 Å². The highest BCUT2D eigenvalue weighted by Crippen LogP contribution is 2.41. The highest BCUT2D eigenvalue weighted by Gasteiger charge is 2.32. The van der Waals surface area contributed by atoms with Crippen molar-refractivity contribution in [2.75, 3.05) is 40.9 Å². The van der Waals surface area contributed by atoms with Crippen LogP contribution < -0.4 is 4.89 Å². The molecule has 0 spiro atoms. The number of phosphoric ester groups is 1. The lowest BCUT2D eigenvalue weighted by atomic mass is 10.0. The van der Waals surface area contributed by atoms with Crippen molar-refractivity contribution in [3.63, 3.8) is 0 Å². The summed E-state index contributed by atoms with van der Waals surface area (Å²) >= 11 is 5.14. The molecule has 0 aromatic rings. The summed E-state index contributed by atoms with van der Waals surface area (Å²) in [4.78, 5) is 24.9. The molecule has 0 rings (SSSR count). The van der Waals surface area contributed by atoms with Gasteiger partial charge in [-0.05, 0) is 25.1 Å². The zero-order chi connectivity index (χ0) is 23.9. The van der Waals surface area contributed by atoms with E-state index in [-0.39, 0.29) is 19.6 Å². The summed E-state index contributed by atoms with van der Waals surface area (Å²) in [5, 5.41) is 10.8. The van der Waals surface area contributed by atoms with E-state index in [2.05, 4.69) is 13.8 Å². The predicted molar refractivity (Wildman–Crippen MR) is 124 cm³/mol. The molecule has 0 bridgehead atoms. The Balaban J connectivity index is 4.94. The SMILES string of the molecule is CCCCCCC(=O)C(OP(=O)([O-])OCC[N+](C)(C)C)[C@@H](O)COC(=S)CCCCC. The maximum Gasteiger partial charge on any atom is 0.268 e. The normalized spacial score (nSPS) is 15.8. The van der Waals surface area contributed by atoms with E-state index in [4.69, 9.17) is 26.0 Å². The Bertz CT molecular complexity index is 568. The van der Waals surface area contributed by atoms with Crippen LogP contribution in [0.5, 0.6) is 0 Å². The third-order valence-corrected chi connectivity index (χ3v) is 5.90. The van der Waals surface area contributed by atoms with Crippen molar-refractivity contribution in [1.29, 1.82) is 0 Å². The number of phosphoric acid groups is 1. The van der Waals surface area contributed by atoms with Gasteiger partial charge in [0.15, 0.2) is 16.9 Å². The van der Waals surface area contributed by atoms with Crippen LogP contribution in [0.2, 0.25) is 0 Å². The third-order valence-electron chi connectivity index (χ3n) is 4.60. The molecule has 0 aromatic heterocycles. The van der Waals surface area contributed by atoms with Crippen LogP contribution in [-0.2, 0) is 23.1 Å². The number of thiocarbonyl (C=S) groups is 1. The molecule has 0 saturated carbocycles. The van der Waals surface area contributed by atoms with Crippen LogP contribution in [0.25, 0.3) is 0 Å². The molecule has 0 aliphatic heterocycles. The summed E-state index contributed by atoms with van der Waals surface area (Å²) in [5.74, 6) is -0.490. The van der Waals surface area contributed by atoms with Gasteiger partial charge in [-0.25, -0.2) is 0 Å². The lowest BCUT2D eigenvalue weighted by molar-refractivity contribution is -0.870. The molecule has 0 amide bonds. The van der Waals surface area contributed by atoms with Gasteiger partial charge in [0.05, 0.1) is 21.1 Å². The quantitative estimate of drug-likeness (QED) is 0.129. The Kier molecular flexibility index (Phi) is 16.0. The average Bonchev–Trinajstić information content (AvgIpc) is 2.66. The fourth-order valence-electron chi connectivity index (χ4n) is 2.67. The number of Topliss-reactive ketones (excluding diaryl/α,β-unsaturated/α-hetero) is 1. The number of unbranched alkanes of at least 4 members (excludes halogenated alkanes) is 5. The number of aliphatic hydroxyl groups is 1. The van der Waals surface area contributed by atoms with Crippen LogP contribution in [0.15, 0.2) is 0 Å². The second kappa shape index (κ2) is 16.2. The molecule has 1 N–H and O–H groups in total. The van der Waals surface area contributed by atoms with E-state index in [1.54, 1.807) is 0 Å². The summed E-state index contributed by atoms with van der Waals surface area (Å²) in [7, 11) is 0.902. The second-order valence-corrected chi connectivity index (χ2v) is 10.6. The number of aliphatic hydroxyl groups excluding tert-OH is 1. The lowest BCUT2D eigenvalue weighted by Crippen LogP contribution is -2.41. The molecule has 8 nitrogen and oxygen atoms in total. The predicted octanol–water partition coefficient (Wildman–Crippen LogP) is 3.39. The van der Waals surface area contributed by atoms with Crippen molar-refractivity contribution in [2.24, 2.45) is 0 Å². The number of nitrogens with zero attached hydrogens (tertiary/aromatic N) is 1. The minimum Gasteiger partial charge on any atom is -0.756 e. The number of rotatable bonds is 19. The van der Waals surface area contributed by atoms with Crippen LogP contribution in [0.4, 0.5) is 0 Å². The van der Waals surface area contributed by atoms with E-state index in [1.807, 2.05) is 21.1 Å². The van der Waals surface area contributed by atoms with Crippen molar-refractivity contribution in [3.05, 3.63) is 0 Å². The molecule has 0 aliphatic carbocycles. The molecule has 0 heterocycles. The Hall–Kier alpha value is -0.410. The van der Waals surface area contributed by atoms with E-state index >= 15 is 0 Å². The molecule has 31 heavy (non-hydrogen) atoms. The zero-order valence-corrected chi connectivity index (χ0v) is 21.6. The fourth-order valence-corrected chi connectivity index (χ4v) is 3.78. The van der Waals surface area contributed by atoms with Gasteiger partial charge in [0.2, 0.25) is 0 Å². The summed E-state index contributed by atoms with van der Waals surface area (Å²) in [6, 6.07) is 0. The number of likely N-dealkylation sites (N-methyl/N-ethyl adjacent to an activating group) is 1. The van der Waals surface area contributed by atoms with Gasteiger partial charge in [0, 0.05) is 12.8 Å². The van der Waals surface area contributed by atoms with Crippen molar-refractivity contribution in [1.82, 2.24) is 0 Å². The number of ether oxygens (including phenoxy) is 1. The number of ketones is 1. The zero-order valence-electron chi connectivity index (χ0n) is 19.8. The Labute approximate surface area is 193 Å². The number of quaternary nitrogens is 1. The minimum atomic E-state index is -4.79. The van der Waals surface area contributed by atoms with Gasteiger partial charge in [-0.1, -0.05) is 46.0 Å². The smallest absolute Gasteiger partial charge is 0.268 e. The van der Waals surface area contributed by atoms with E-state index in [9.17, 15) is 19.4 Å². The molecule has 0 fully saturated rings. The molecule has 0 radical (unpaired) electrons. The highest BCUT2D eigenvalue weighted by atomic mass is 32.1. The maximum absolute atomic E-state index is 12.6. The molecule has 0 aliphatic rings. The van der Waals surface area contributed by atoms with Crippen LogP contribution in [0, 0.1) is 0 Å². The Morgan fingerprint density at radius 3 is 2.23 bits per heavy atom. The first kappa shape index (κ1) is 30.6. The molecular formula is C21H42NO7PS. The van der Waals surface area contributed by atoms with Crippen molar-refractivity contribution < 1.29 is 37.6 Å². The molecule has 10 heteroatoms. The van der Waals surface area contributed by atoms with E-state index < -0.39 is 25.8 Å². The van der Waals surface area contributed by atoms with E-state index in [1.165, 1.54) is 0 Å². The van der Waals surface area contributed by atoms with E-state index in [0.29, 0.717) is 28.9 Å². The standard InChI is InChI=1S/C21H42NO7PS/c1-6-8-10-12-13-18(23)21(19(24)17-27-20(31)14-11-9-7-2)29-30(25,26)28-16-15-22(3,4)5/h19,21,24H,6-17H2,1-5H3/t19-,21?/m0/s1. The number of carbonyl (C=O) groups is 1. The first-order chi connectivity index (χ1) is 14.4. The number of carbonyl (C=O) groups excluding carboxylic acids is 1. The molecule has 0 saturated heterocycles. The van der Waals surface area contributed by atoms with Crippen LogP contribution in [0.1, 0.15) is 71.6 Å². The topological polar surface area (TPSA) is 105 Å². The van der Waals surface area contributed by atoms with Gasteiger partial charge >= 0.3 is 0 Å². The second-order valence-electron chi connectivity index (χ2n) is 8.80. The molecule has 184 valence electrons. The molecule has 2 unspecified atom stereocenters. The van der Waals surface area contributed by atoms with Gasteiger partial charge in [0.25, 0.3) is 7.82 Å². The number of hydrogen-bond acceptors (Lipinski definition) is 8. The molecule has 0 aromatic carbocycles. The Morgan fingerprint density at radius 1 is 1.06 bits per heavy atom. The summed E-state index contributed by atoms with van der Waals surface area (Å²) < 4.78 is 28.1. The van der Waals surface area contributed by atoms with Crippen LogP contribution >= 0.6 is 20.0 Å². The van der Waals surface area contributed by atoms with Crippen molar-refractivity contribution >= 4 is 30.9 Å². The van der Waals surface area contributed by atoms with Crippen molar-refractivity contribution in [3.8, 4) is 0 Å². The van der Waals surface area contributed by atoms with Crippen molar-refractivity contribution in [2.45, 2.75) is 83.8 Å². The minimum absolute atomic E-state index is 0.0875. The monoisotopic (exact) mass is 483 g/mol. The molecular weight excluding hydrogens is 441 g/mol. The van der Waals surface area contributed by atoms with E-state index in [0.717, 1.165) is 38.5 Å². The van der Waals surface area contributed by atoms with Gasteiger partial charge in [-0.3, -0.25) is 9.36 Å². The van der Waals surface area contributed by atoms with Crippen LogP contribution in [-0.4, -0.2) is 73.5 Å². The number of hydrogen-bond donors (Lipinski definition) is 1. The first-order valence-corrected chi connectivity index (χ1v) is 13.1. The summed E-state index contributed by atoms with van der Waals surface area (Å²) in [5.41, 5.74) is 0. The van der Waals surface area contributed by atoms with Gasteiger partial charge in [-0.2, -0.15) is 0 Å². The lowest BCUT2D eigenvalue weighted by Gasteiger charge is -2.31. The highest BCUT2D eigenvalue weighted by molar-refractivity contribution is 7.80.